The highest BCUT2D eigenvalue weighted by Gasteiger charge is 2.22. The first-order chi connectivity index (χ1) is 12.0. The fraction of sp³-hybridized carbons (Fsp3) is 0.421. The number of hydrogen-bond acceptors (Lipinski definition) is 6. The van der Waals surface area contributed by atoms with E-state index in [1.165, 1.54) is 0 Å². The molecule has 0 amide bonds. The van der Waals surface area contributed by atoms with Gasteiger partial charge in [0.05, 0.1) is 5.56 Å². The van der Waals surface area contributed by atoms with E-state index in [0.29, 0.717) is 23.2 Å². The number of pyridine rings is 2. The maximum absolute atomic E-state index is 12.7. The van der Waals surface area contributed by atoms with Crippen molar-refractivity contribution in [3.8, 4) is 0 Å². The lowest BCUT2D eigenvalue weighted by Gasteiger charge is -2.35. The number of anilines is 2. The number of carbonyl (C=O) groups is 1. The molecule has 1 aliphatic rings. The molecular formula is C19H27N5O. The maximum Gasteiger partial charge on any atom is 0.215 e. The molecule has 0 spiro atoms. The highest BCUT2D eigenvalue weighted by atomic mass is 16.1. The Morgan fingerprint density at radius 2 is 2.24 bits per heavy atom. The average Bonchev–Trinajstić information content (AvgIpc) is 2.61. The molecule has 3 rings (SSSR count). The Balaban J connectivity index is 0.00000243. The van der Waals surface area contributed by atoms with E-state index >= 15 is 0 Å². The summed E-state index contributed by atoms with van der Waals surface area (Å²) in [6, 6.07) is 9.40. The first-order valence-electron chi connectivity index (χ1n) is 8.75. The molecule has 0 bridgehead atoms. The smallest absolute Gasteiger partial charge is 0.215 e. The number of carbonyl (C=O) groups excluding carboxylic acids is 1. The lowest BCUT2D eigenvalue weighted by molar-refractivity contribution is 0.103. The van der Waals surface area contributed by atoms with Crippen LogP contribution >= 0.6 is 0 Å². The molecule has 2 aromatic rings. The van der Waals surface area contributed by atoms with Gasteiger partial charge in [0.2, 0.25) is 5.78 Å². The van der Waals surface area contributed by atoms with Gasteiger partial charge in [0.1, 0.15) is 17.3 Å². The zero-order valence-corrected chi connectivity index (χ0v) is 14.8. The lowest BCUT2D eigenvalue weighted by atomic mass is 10.0. The van der Waals surface area contributed by atoms with Gasteiger partial charge in [-0.2, -0.15) is 0 Å². The quantitative estimate of drug-likeness (QED) is 0.812. The molecule has 0 saturated carbocycles. The van der Waals surface area contributed by atoms with E-state index < -0.39 is 0 Å². The van der Waals surface area contributed by atoms with Crippen molar-refractivity contribution in [2.75, 3.05) is 30.3 Å². The third-order valence-electron chi connectivity index (χ3n) is 4.39. The predicted octanol–water partition coefficient (Wildman–Crippen LogP) is 2.36. The molecular weight excluding hydrogens is 314 g/mol. The third-order valence-corrected chi connectivity index (χ3v) is 4.39. The van der Waals surface area contributed by atoms with Gasteiger partial charge in [-0.25, -0.2) is 9.97 Å². The van der Waals surface area contributed by atoms with Crippen LogP contribution in [-0.2, 0) is 0 Å². The van der Waals surface area contributed by atoms with Crippen molar-refractivity contribution in [2.45, 2.75) is 26.3 Å². The monoisotopic (exact) mass is 341 g/mol. The van der Waals surface area contributed by atoms with Gasteiger partial charge in [0.25, 0.3) is 0 Å². The minimum atomic E-state index is -0.193. The predicted molar refractivity (Wildman–Crippen MR) is 102 cm³/mol. The highest BCUT2D eigenvalue weighted by molar-refractivity contribution is 6.10. The number of nitrogens with one attached hydrogen (secondary N) is 1. The van der Waals surface area contributed by atoms with E-state index in [-0.39, 0.29) is 13.0 Å². The SMILES string of the molecule is CC(C)C[C@H]1CN(c2cccc(C(=O)c3cccnc3N)n2)CCN1.[HH]. The van der Waals surface area contributed by atoms with Gasteiger partial charge in [-0.3, -0.25) is 4.79 Å². The second-order valence-electron chi connectivity index (χ2n) is 6.87. The Hall–Kier alpha value is -2.47. The Bertz CT molecular complexity index is 752. The van der Waals surface area contributed by atoms with Crippen molar-refractivity contribution < 1.29 is 6.22 Å². The molecule has 3 N–H and O–H groups in total. The first-order valence-corrected chi connectivity index (χ1v) is 8.75. The van der Waals surface area contributed by atoms with E-state index in [2.05, 4.69) is 34.0 Å². The van der Waals surface area contributed by atoms with Gasteiger partial charge in [-0.15, -0.1) is 0 Å². The number of aromatic nitrogens is 2. The normalized spacial score (nSPS) is 17.7. The minimum absolute atomic E-state index is 0. The molecule has 2 aromatic heterocycles. The molecule has 134 valence electrons. The van der Waals surface area contributed by atoms with Crippen molar-refractivity contribution in [3.05, 3.63) is 47.8 Å². The standard InChI is InChI=1S/C19H25N5O.H2/c1-13(2)11-14-12-24(10-9-21-14)17-7-3-6-16(23-17)18(25)15-5-4-8-22-19(15)20;/h3-8,13-14,21H,9-12H2,1-2H3,(H2,20,22);1H/t14-;/m0./s1. The summed E-state index contributed by atoms with van der Waals surface area (Å²) >= 11 is 0. The van der Waals surface area contributed by atoms with Crippen molar-refractivity contribution in [3.63, 3.8) is 0 Å². The van der Waals surface area contributed by atoms with Crippen LogP contribution in [0.25, 0.3) is 0 Å². The number of nitrogens with two attached hydrogens (primary N) is 1. The summed E-state index contributed by atoms with van der Waals surface area (Å²) < 4.78 is 0. The van der Waals surface area contributed by atoms with Crippen LogP contribution in [-0.4, -0.2) is 41.4 Å². The third kappa shape index (κ3) is 4.14. The molecule has 1 fully saturated rings. The Morgan fingerprint density at radius 3 is 3.00 bits per heavy atom. The molecule has 6 nitrogen and oxygen atoms in total. The van der Waals surface area contributed by atoms with E-state index in [0.717, 1.165) is 31.9 Å². The molecule has 0 aromatic carbocycles. The van der Waals surface area contributed by atoms with Gasteiger partial charge >= 0.3 is 0 Å². The molecule has 0 aliphatic carbocycles. The second-order valence-corrected chi connectivity index (χ2v) is 6.87. The minimum Gasteiger partial charge on any atom is -0.383 e. The van der Waals surface area contributed by atoms with Crippen LogP contribution in [0.15, 0.2) is 36.5 Å². The van der Waals surface area contributed by atoms with Gasteiger partial charge in [0, 0.05) is 33.3 Å². The van der Waals surface area contributed by atoms with Crippen LogP contribution in [0.1, 0.15) is 37.7 Å². The summed E-state index contributed by atoms with van der Waals surface area (Å²) in [6.45, 7) is 7.17. The van der Waals surface area contributed by atoms with E-state index in [9.17, 15) is 4.79 Å². The fourth-order valence-corrected chi connectivity index (χ4v) is 3.23. The van der Waals surface area contributed by atoms with Gasteiger partial charge in [-0.05, 0) is 36.6 Å². The molecule has 0 radical (unpaired) electrons. The average molecular weight is 341 g/mol. The van der Waals surface area contributed by atoms with Crippen LogP contribution in [0.5, 0.6) is 0 Å². The van der Waals surface area contributed by atoms with Crippen LogP contribution in [0.3, 0.4) is 0 Å². The van der Waals surface area contributed by atoms with Crippen LogP contribution < -0.4 is 16.0 Å². The molecule has 0 unspecified atom stereocenters. The Labute approximate surface area is 150 Å². The molecule has 3 heterocycles. The maximum atomic E-state index is 12.7. The largest absolute Gasteiger partial charge is 0.383 e. The summed E-state index contributed by atoms with van der Waals surface area (Å²) in [6.07, 6.45) is 2.70. The summed E-state index contributed by atoms with van der Waals surface area (Å²) in [7, 11) is 0. The number of rotatable bonds is 5. The summed E-state index contributed by atoms with van der Waals surface area (Å²) in [5.41, 5.74) is 6.62. The van der Waals surface area contributed by atoms with Gasteiger partial charge in [0.15, 0.2) is 0 Å². The first kappa shape index (κ1) is 17.4. The molecule has 1 aliphatic heterocycles. The zero-order valence-electron chi connectivity index (χ0n) is 14.8. The molecule has 1 atom stereocenters. The summed E-state index contributed by atoms with van der Waals surface area (Å²) in [4.78, 5) is 23.5. The highest BCUT2D eigenvalue weighted by Crippen LogP contribution is 2.19. The van der Waals surface area contributed by atoms with Crippen LogP contribution in [0, 0.1) is 5.92 Å². The van der Waals surface area contributed by atoms with Crippen molar-refractivity contribution in [2.24, 2.45) is 5.92 Å². The fourth-order valence-electron chi connectivity index (χ4n) is 3.23. The van der Waals surface area contributed by atoms with E-state index in [4.69, 9.17) is 5.73 Å². The number of nitrogen functional groups attached to an aromatic ring is 1. The van der Waals surface area contributed by atoms with Crippen LogP contribution in [0.2, 0.25) is 0 Å². The number of nitrogens with zero attached hydrogens (tertiary/aromatic N) is 3. The Kier molecular flexibility index (Phi) is 5.28. The second kappa shape index (κ2) is 7.61. The topological polar surface area (TPSA) is 84.1 Å². The van der Waals surface area contributed by atoms with Crippen LogP contribution in [0.4, 0.5) is 11.6 Å². The molecule has 6 heteroatoms. The Morgan fingerprint density at radius 1 is 1.40 bits per heavy atom. The van der Waals surface area contributed by atoms with Crippen molar-refractivity contribution in [1.82, 2.24) is 15.3 Å². The van der Waals surface area contributed by atoms with Crippen molar-refractivity contribution in [1.29, 1.82) is 0 Å². The number of piperazine rings is 1. The lowest BCUT2D eigenvalue weighted by Crippen LogP contribution is -2.51. The van der Waals surface area contributed by atoms with Gasteiger partial charge < -0.3 is 16.0 Å². The zero-order chi connectivity index (χ0) is 17.8. The van der Waals surface area contributed by atoms with E-state index in [1.807, 2.05) is 12.1 Å². The summed E-state index contributed by atoms with van der Waals surface area (Å²) in [5.74, 6) is 1.52. The van der Waals surface area contributed by atoms with Crippen molar-refractivity contribution >= 4 is 17.4 Å². The van der Waals surface area contributed by atoms with E-state index in [1.54, 1.807) is 24.4 Å². The molecule has 1 saturated heterocycles. The number of ketones is 1. The molecule has 25 heavy (non-hydrogen) atoms. The number of hydrogen-bond donors (Lipinski definition) is 2. The summed E-state index contributed by atoms with van der Waals surface area (Å²) in [5, 5.41) is 3.56. The van der Waals surface area contributed by atoms with Gasteiger partial charge in [-0.1, -0.05) is 19.9 Å².